The monoisotopic (exact) mass is 2020 g/mol. The molecule has 5 nitrogen and oxygen atoms in total. The maximum atomic E-state index is 2.52. The first-order valence-corrected chi connectivity index (χ1v) is 70.3. The summed E-state index contributed by atoms with van der Waals surface area (Å²) in [4.78, 5) is 0. The Labute approximate surface area is 886 Å². The van der Waals surface area contributed by atoms with Crippen molar-refractivity contribution in [3.63, 3.8) is 0 Å². The van der Waals surface area contributed by atoms with Gasteiger partial charge in [-0.1, -0.05) is 379 Å². The van der Waals surface area contributed by atoms with Gasteiger partial charge >= 0.3 is 0 Å². The van der Waals surface area contributed by atoms with Gasteiger partial charge in [0.1, 0.15) is 35.2 Å². The van der Waals surface area contributed by atoms with E-state index >= 15 is 0 Å². The molecule has 0 N–H and O–H groups in total. The zero-order chi connectivity index (χ0) is 107. The topological polar surface area (TPSA) is 19.4 Å². The van der Waals surface area contributed by atoms with E-state index in [0.29, 0.717) is 41.4 Å². The first kappa shape index (κ1) is 116. The van der Waals surface area contributed by atoms with Crippen molar-refractivity contribution in [2.24, 2.45) is 35.2 Å². The normalized spacial score (nSPS) is 12.4. The number of aromatic nitrogens is 5. The van der Waals surface area contributed by atoms with Crippen molar-refractivity contribution in [2.75, 3.05) is 0 Å². The molecule has 5 heterocycles. The minimum Gasteiger partial charge on any atom is -0.200 e. The van der Waals surface area contributed by atoms with Gasteiger partial charge in [-0.05, 0) is 272 Å². The Kier molecular flexibility index (Phi) is 37.8. The number of aryl methyl sites for hydroxylation is 8. The maximum Gasteiger partial charge on any atom is 0.220 e. The average molecular weight is 2020 g/mol. The molecule has 5 aromatic heterocycles. The minimum atomic E-state index is -1.45. The van der Waals surface area contributed by atoms with Gasteiger partial charge in [0.15, 0.2) is 31.0 Å². The molecule has 15 rings (SSSR count). The zero-order valence-corrected chi connectivity index (χ0v) is 104. The molecule has 0 aliphatic rings. The summed E-state index contributed by atoms with van der Waals surface area (Å²) in [6.07, 6.45) is 11.2. The fraction of sp³-hybridized carbons (Fsp3) is 0.444. The Hall–Kier alpha value is -9.67. The highest BCUT2D eigenvalue weighted by atomic mass is 28.3. The van der Waals surface area contributed by atoms with Gasteiger partial charge in [0.2, 0.25) is 28.5 Å². The molecule has 0 saturated heterocycles. The van der Waals surface area contributed by atoms with E-state index in [4.69, 9.17) is 0 Å². The molecule has 0 unspecified atom stereocenters. The van der Waals surface area contributed by atoms with Gasteiger partial charge in [-0.25, -0.2) is 22.8 Å². The maximum absolute atomic E-state index is 2.52. The van der Waals surface area contributed by atoms with E-state index < -0.39 is 40.4 Å². The van der Waals surface area contributed by atoms with E-state index in [1.807, 2.05) is 0 Å². The van der Waals surface area contributed by atoms with Gasteiger partial charge in [0.25, 0.3) is 0 Å². The van der Waals surface area contributed by atoms with Gasteiger partial charge in [0.05, 0.1) is 89.6 Å². The Morgan fingerprint density at radius 3 is 0.648 bits per heavy atom. The minimum absolute atomic E-state index is 0.520. The molecular formula is C135H190N5Si5+5. The summed E-state index contributed by atoms with van der Waals surface area (Å²) in [6.45, 7) is 91.5. The highest BCUT2D eigenvalue weighted by Crippen LogP contribution is 2.43. The molecule has 0 aliphatic heterocycles. The third-order valence-electron chi connectivity index (χ3n) is 36.0. The summed E-state index contributed by atoms with van der Waals surface area (Å²) in [7, 11) is 3.83. The summed E-state index contributed by atoms with van der Waals surface area (Å²) in [5.74, 6) is 3.68. The summed E-state index contributed by atoms with van der Waals surface area (Å²) in [5, 5.41) is 21.6. The molecule has 0 radical (unpaired) electrons. The van der Waals surface area contributed by atoms with Crippen molar-refractivity contribution in [1.29, 1.82) is 0 Å². The molecule has 0 amide bonds. The predicted octanol–water partition coefficient (Wildman–Crippen LogP) is 34.1. The second-order valence-electron chi connectivity index (χ2n) is 48.4. The lowest BCUT2D eigenvalue weighted by molar-refractivity contribution is -0.659. The van der Waals surface area contributed by atoms with Crippen LogP contribution in [0.15, 0.2) is 219 Å². The number of hydrogen-bond acceptors (Lipinski definition) is 0. The summed E-state index contributed by atoms with van der Waals surface area (Å²) < 4.78 is 11.5. The van der Waals surface area contributed by atoms with Crippen molar-refractivity contribution < 1.29 is 22.8 Å². The highest BCUT2D eigenvalue weighted by Gasteiger charge is 2.37. The smallest absolute Gasteiger partial charge is 0.200 e. The van der Waals surface area contributed by atoms with Crippen LogP contribution in [-0.2, 0) is 35.2 Å². The van der Waals surface area contributed by atoms with E-state index in [2.05, 4.69) is 545 Å². The van der Waals surface area contributed by atoms with E-state index in [9.17, 15) is 0 Å². The van der Waals surface area contributed by atoms with Crippen LogP contribution in [0, 0.1) is 48.5 Å². The summed E-state index contributed by atoms with van der Waals surface area (Å²) in [6, 6.07) is 82.0. The Bertz CT molecular complexity index is 7140. The number of hydrogen-bond donors (Lipinski definition) is 0. The van der Waals surface area contributed by atoms with Crippen LogP contribution in [0.25, 0.3) is 110 Å². The second-order valence-corrected chi connectivity index (χ2v) is 74.5. The lowest BCUT2D eigenvalue weighted by Gasteiger charge is -2.29. The van der Waals surface area contributed by atoms with E-state index in [0.717, 1.165) is 16.6 Å². The van der Waals surface area contributed by atoms with Gasteiger partial charge in [-0.2, -0.15) is 0 Å². The molecule has 145 heavy (non-hydrogen) atoms. The molecule has 0 spiro atoms. The number of pyridine rings is 5. The number of benzene rings is 10. The lowest BCUT2D eigenvalue weighted by Crippen LogP contribution is -2.45. The average Bonchev–Trinajstić information content (AvgIpc) is 0.763. The third kappa shape index (κ3) is 24.3. The van der Waals surface area contributed by atoms with Crippen LogP contribution in [0.1, 0.15) is 299 Å². The zero-order valence-electron chi connectivity index (χ0n) is 99.0. The molecule has 0 bridgehead atoms. The van der Waals surface area contributed by atoms with Crippen molar-refractivity contribution in [1.82, 2.24) is 0 Å². The first-order chi connectivity index (χ1) is 68.1. The lowest BCUT2D eigenvalue weighted by atomic mass is 9.86. The highest BCUT2D eigenvalue weighted by molar-refractivity contribution is 6.93. The fourth-order valence-electron chi connectivity index (χ4n) is 22.2. The first-order valence-electron chi connectivity index (χ1n) is 55.8. The van der Waals surface area contributed by atoms with Gasteiger partial charge in [-0.15, -0.1) is 0 Å². The second kappa shape index (κ2) is 47.5. The van der Waals surface area contributed by atoms with Crippen molar-refractivity contribution >= 4 is 120 Å². The van der Waals surface area contributed by atoms with Crippen LogP contribution in [0.5, 0.6) is 0 Å². The summed E-state index contributed by atoms with van der Waals surface area (Å²) >= 11 is 0. The quantitative estimate of drug-likeness (QED) is 0.0380. The van der Waals surface area contributed by atoms with Crippen LogP contribution in [0.3, 0.4) is 0 Å². The van der Waals surface area contributed by atoms with Crippen molar-refractivity contribution in [3.8, 4) is 56.3 Å². The standard InChI is InChI=1S/C29H42NSi.C28H40NSi.C27H38NSi.C26H36NSi.C25H34NSi/c1-10-31(11-2,12-3)25-13-14-26-23(17-25)15-16-30(9)29(26)28-19-24(20(4)5)18-27(21(6)7)22(28)8;1-18(2)23-16-26(19(3)4)21(7)27(17-23)28-25-12-11-24(30(9,10)20(5)6)15-22(25)13-14-29(28)8;1-9-29(10-2,11-3)24-12-13-25-22(17-24)14-15-28(8)27(25)26-18-23(19(4)5)16-20(6)21(26)7;1-17(2)22-14-19(5)20(6)25(16-22)26-24-11-10-23(28(8,9)18(3)4)15-21(24)12-13-27(26)7;1-17(2)20-10-9-19(5)24(16-20)25-23-12-11-22(27(7,8)18(3)4)15-21(23)13-14-26(25)6/h13-21H,10-12H2,1-9H3;11-20H,1-10H3;12-19H,9-11H2,1-8H3;10-18H,1-9H3;9-18H,1-8H3/q5*+1. The van der Waals surface area contributed by atoms with Crippen LogP contribution in [0.4, 0.5) is 0 Å². The largest absolute Gasteiger partial charge is 0.220 e. The SMILES string of the molecule is CC[Si](CC)(CC)c1ccc2c(-c3cc(C(C)C)cc(C(C)C)c3C)[n+](C)ccc2c1.CC[Si](CC)(CC)c1ccc2c(-c3cc(C(C)C)cc(C)c3C)[n+](C)ccc2c1.Cc1c(-c2c3ccc([Si](C)(C)C(C)C)cc3cc[n+]2C)cc(C(C)C)cc1C(C)C.Cc1cc(C(C)C)cc(-c2c3ccc([Si](C)(C)C(C)C)cc3cc[n+]2C)c1C.Cc1ccc(C(C)C)cc1-c1c2ccc([Si](C)(C)C(C)C)cc2cc[n+]1C. The molecule has 770 valence electrons. The van der Waals surface area contributed by atoms with Crippen LogP contribution >= 0.6 is 0 Å². The van der Waals surface area contributed by atoms with Gasteiger partial charge in [-0.3, -0.25) is 0 Å². The Morgan fingerprint density at radius 2 is 0.421 bits per heavy atom. The molecule has 0 fully saturated rings. The van der Waals surface area contributed by atoms with Crippen LogP contribution in [0.2, 0.25) is 92.2 Å². The Morgan fingerprint density at radius 1 is 0.207 bits per heavy atom. The number of fused-ring (bicyclic) bond motifs is 5. The van der Waals surface area contributed by atoms with E-state index in [1.54, 1.807) is 25.9 Å². The third-order valence-corrected chi connectivity index (χ3v) is 61.2. The molecule has 10 aromatic carbocycles. The molecule has 0 saturated carbocycles. The Balaban J connectivity index is 0.000000173. The molecule has 10 heteroatoms. The predicted molar refractivity (Wildman–Crippen MR) is 655 cm³/mol. The van der Waals surface area contributed by atoms with Crippen molar-refractivity contribution in [3.05, 3.63) is 297 Å². The number of rotatable bonds is 26. The molecule has 0 atom stereocenters. The van der Waals surface area contributed by atoms with Gasteiger partial charge in [0, 0.05) is 35.9 Å². The molecule has 0 aliphatic carbocycles. The van der Waals surface area contributed by atoms with Crippen molar-refractivity contribution in [2.45, 2.75) is 362 Å². The van der Waals surface area contributed by atoms with Crippen LogP contribution in [-0.4, -0.2) is 40.4 Å². The summed E-state index contributed by atoms with van der Waals surface area (Å²) in [5.41, 5.74) is 35.5. The molecule has 15 aromatic rings. The number of nitrogens with zero attached hydrogens (tertiary/aromatic N) is 5. The molecular weight excluding hydrogens is 1830 g/mol. The van der Waals surface area contributed by atoms with Crippen LogP contribution < -0.4 is 48.8 Å². The van der Waals surface area contributed by atoms with E-state index in [1.165, 1.54) is 224 Å². The van der Waals surface area contributed by atoms with E-state index in [-0.39, 0.29) is 0 Å². The fourth-order valence-corrected chi connectivity index (χ4v) is 34.6. The van der Waals surface area contributed by atoms with Gasteiger partial charge < -0.3 is 0 Å².